The number of nitrogens with one attached hydrogen (secondary N) is 1. The summed E-state index contributed by atoms with van der Waals surface area (Å²) in [5.74, 6) is -2.88. The third kappa shape index (κ3) is 4.05. The van der Waals surface area contributed by atoms with Crippen LogP contribution < -0.4 is 5.32 Å². The van der Waals surface area contributed by atoms with Gasteiger partial charge in [-0.25, -0.2) is 4.39 Å². The van der Waals surface area contributed by atoms with Crippen molar-refractivity contribution < 1.29 is 19.1 Å². The van der Waals surface area contributed by atoms with Gasteiger partial charge in [0.1, 0.15) is 5.82 Å². The van der Waals surface area contributed by atoms with E-state index in [1.54, 1.807) is 19.9 Å². The van der Waals surface area contributed by atoms with E-state index in [4.69, 9.17) is 5.11 Å². The van der Waals surface area contributed by atoms with E-state index in [1.807, 2.05) is 0 Å². The summed E-state index contributed by atoms with van der Waals surface area (Å²) in [6.07, 6.45) is 0. The number of carboxylic acid groups (broad SMARTS) is 1. The van der Waals surface area contributed by atoms with Gasteiger partial charge in [-0.05, 0) is 38.5 Å². The second-order valence-electron chi connectivity index (χ2n) is 4.70. The molecule has 0 radical (unpaired) electrons. The van der Waals surface area contributed by atoms with E-state index in [1.165, 1.54) is 25.1 Å². The molecular formula is C14H18FNO3. The highest BCUT2D eigenvalue weighted by Crippen LogP contribution is 2.17. The fourth-order valence-corrected chi connectivity index (χ4v) is 1.62. The number of hydrogen-bond acceptors (Lipinski definition) is 2. The van der Waals surface area contributed by atoms with Crippen molar-refractivity contribution in [1.29, 1.82) is 0 Å². The summed E-state index contributed by atoms with van der Waals surface area (Å²) in [6, 6.07) is 5.33. The number of halogens is 1. The van der Waals surface area contributed by atoms with Crippen LogP contribution in [0.5, 0.6) is 0 Å². The minimum atomic E-state index is -0.966. The Hall–Kier alpha value is -1.91. The molecule has 0 spiro atoms. The van der Waals surface area contributed by atoms with Gasteiger partial charge in [0.25, 0.3) is 0 Å². The Labute approximate surface area is 111 Å². The summed E-state index contributed by atoms with van der Waals surface area (Å²) >= 11 is 0. The molecule has 4 nitrogen and oxygen atoms in total. The van der Waals surface area contributed by atoms with E-state index >= 15 is 0 Å². The standard InChI is InChI=1S/C14H18FNO3/c1-8(14(18)19)10(3)16-13(17)9(2)11-5-4-6-12(15)7-11/h4-10H,1-3H3,(H,16,17)(H,18,19). The molecule has 19 heavy (non-hydrogen) atoms. The maximum Gasteiger partial charge on any atom is 0.308 e. The van der Waals surface area contributed by atoms with Crippen molar-refractivity contribution in [2.45, 2.75) is 32.7 Å². The van der Waals surface area contributed by atoms with Gasteiger partial charge in [-0.1, -0.05) is 12.1 Å². The highest BCUT2D eigenvalue weighted by atomic mass is 19.1. The van der Waals surface area contributed by atoms with Crippen LogP contribution in [-0.2, 0) is 9.59 Å². The van der Waals surface area contributed by atoms with E-state index in [2.05, 4.69) is 5.32 Å². The molecule has 0 fully saturated rings. The molecule has 104 valence electrons. The monoisotopic (exact) mass is 267 g/mol. The van der Waals surface area contributed by atoms with Crippen LogP contribution in [0, 0.1) is 11.7 Å². The smallest absolute Gasteiger partial charge is 0.308 e. The molecule has 0 aliphatic rings. The Morgan fingerprint density at radius 3 is 2.42 bits per heavy atom. The normalized spacial score (nSPS) is 15.4. The molecule has 0 saturated heterocycles. The first-order chi connectivity index (χ1) is 8.82. The van der Waals surface area contributed by atoms with Crippen LogP contribution in [0.2, 0.25) is 0 Å². The SMILES string of the molecule is CC(C(=O)NC(C)C(C)C(=O)O)c1cccc(F)c1. The first-order valence-corrected chi connectivity index (χ1v) is 6.11. The maximum atomic E-state index is 13.1. The first kappa shape index (κ1) is 15.1. The summed E-state index contributed by atoms with van der Waals surface area (Å²) in [4.78, 5) is 22.8. The molecule has 3 unspecified atom stereocenters. The molecule has 0 aliphatic carbocycles. The van der Waals surface area contributed by atoms with E-state index in [-0.39, 0.29) is 5.91 Å². The average molecular weight is 267 g/mol. The summed E-state index contributed by atoms with van der Waals surface area (Å²) in [5.41, 5.74) is 0.563. The average Bonchev–Trinajstić information content (AvgIpc) is 2.36. The second kappa shape index (κ2) is 6.31. The molecule has 1 amide bonds. The predicted octanol–water partition coefficient (Wildman–Crippen LogP) is 2.15. The molecule has 1 aromatic carbocycles. The minimum Gasteiger partial charge on any atom is -0.481 e. The highest BCUT2D eigenvalue weighted by Gasteiger charge is 2.23. The zero-order valence-electron chi connectivity index (χ0n) is 11.2. The van der Waals surface area contributed by atoms with Gasteiger partial charge in [0.05, 0.1) is 11.8 Å². The van der Waals surface area contributed by atoms with Crippen LogP contribution in [0.1, 0.15) is 32.3 Å². The first-order valence-electron chi connectivity index (χ1n) is 6.11. The molecule has 2 N–H and O–H groups in total. The number of aliphatic carboxylic acids is 1. The lowest BCUT2D eigenvalue weighted by molar-refractivity contribution is -0.142. The van der Waals surface area contributed by atoms with Crippen LogP contribution in [0.25, 0.3) is 0 Å². The number of benzene rings is 1. The number of carbonyl (C=O) groups excluding carboxylic acids is 1. The number of amides is 1. The Morgan fingerprint density at radius 2 is 1.89 bits per heavy atom. The minimum absolute atomic E-state index is 0.314. The number of hydrogen-bond donors (Lipinski definition) is 2. The molecule has 5 heteroatoms. The lowest BCUT2D eigenvalue weighted by Crippen LogP contribution is -2.41. The van der Waals surface area contributed by atoms with Crippen molar-refractivity contribution in [1.82, 2.24) is 5.32 Å². The number of rotatable bonds is 5. The lowest BCUT2D eigenvalue weighted by Gasteiger charge is -2.20. The lowest BCUT2D eigenvalue weighted by atomic mass is 9.98. The zero-order valence-corrected chi connectivity index (χ0v) is 11.2. The van der Waals surface area contributed by atoms with Crippen molar-refractivity contribution in [2.24, 2.45) is 5.92 Å². The highest BCUT2D eigenvalue weighted by molar-refractivity contribution is 5.84. The Balaban J connectivity index is 2.70. The Bertz CT molecular complexity index is 476. The van der Waals surface area contributed by atoms with Crippen LogP contribution in [0.3, 0.4) is 0 Å². The van der Waals surface area contributed by atoms with E-state index < -0.39 is 29.7 Å². The molecule has 0 heterocycles. The van der Waals surface area contributed by atoms with Gasteiger partial charge in [0, 0.05) is 6.04 Å². The molecule has 0 saturated carbocycles. The van der Waals surface area contributed by atoms with Gasteiger partial charge in [-0.3, -0.25) is 9.59 Å². The van der Waals surface area contributed by atoms with Gasteiger partial charge in [0.2, 0.25) is 5.91 Å². The van der Waals surface area contributed by atoms with Gasteiger partial charge < -0.3 is 10.4 Å². The zero-order chi connectivity index (χ0) is 14.6. The molecule has 0 bridgehead atoms. The summed E-state index contributed by atoms with van der Waals surface area (Å²) in [7, 11) is 0. The fourth-order valence-electron chi connectivity index (χ4n) is 1.62. The van der Waals surface area contributed by atoms with Crippen molar-refractivity contribution in [2.75, 3.05) is 0 Å². The quantitative estimate of drug-likeness (QED) is 0.859. The molecule has 3 atom stereocenters. The van der Waals surface area contributed by atoms with Gasteiger partial charge in [-0.15, -0.1) is 0 Å². The summed E-state index contributed by atoms with van der Waals surface area (Å²) < 4.78 is 13.1. The largest absolute Gasteiger partial charge is 0.481 e. The van der Waals surface area contributed by atoms with Gasteiger partial charge in [-0.2, -0.15) is 0 Å². The van der Waals surface area contributed by atoms with Crippen LogP contribution in [0.4, 0.5) is 4.39 Å². The molecular weight excluding hydrogens is 249 g/mol. The van der Waals surface area contributed by atoms with Crippen LogP contribution in [0.15, 0.2) is 24.3 Å². The van der Waals surface area contributed by atoms with Gasteiger partial charge in [0.15, 0.2) is 0 Å². The van der Waals surface area contributed by atoms with E-state index in [9.17, 15) is 14.0 Å². The maximum absolute atomic E-state index is 13.1. The Kier molecular flexibility index (Phi) is 5.03. The van der Waals surface area contributed by atoms with E-state index in [0.29, 0.717) is 5.56 Å². The van der Waals surface area contributed by atoms with Crippen molar-refractivity contribution in [3.05, 3.63) is 35.6 Å². The molecule has 1 rings (SSSR count). The molecule has 1 aromatic rings. The van der Waals surface area contributed by atoms with Crippen LogP contribution >= 0.6 is 0 Å². The van der Waals surface area contributed by atoms with Crippen LogP contribution in [-0.4, -0.2) is 23.0 Å². The molecule has 0 aromatic heterocycles. The third-order valence-corrected chi connectivity index (χ3v) is 3.25. The van der Waals surface area contributed by atoms with Crippen molar-refractivity contribution in [3.8, 4) is 0 Å². The van der Waals surface area contributed by atoms with E-state index in [0.717, 1.165) is 0 Å². The second-order valence-corrected chi connectivity index (χ2v) is 4.70. The fraction of sp³-hybridized carbons (Fsp3) is 0.429. The number of carboxylic acids is 1. The predicted molar refractivity (Wildman–Crippen MR) is 69.2 cm³/mol. The van der Waals surface area contributed by atoms with Gasteiger partial charge >= 0.3 is 5.97 Å². The number of carbonyl (C=O) groups is 2. The summed E-state index contributed by atoms with van der Waals surface area (Å²) in [6.45, 7) is 4.82. The van der Waals surface area contributed by atoms with Crippen molar-refractivity contribution >= 4 is 11.9 Å². The summed E-state index contributed by atoms with van der Waals surface area (Å²) in [5, 5.41) is 11.5. The molecule has 0 aliphatic heterocycles. The van der Waals surface area contributed by atoms with Crippen molar-refractivity contribution in [3.63, 3.8) is 0 Å². The topological polar surface area (TPSA) is 66.4 Å². The Morgan fingerprint density at radius 1 is 1.26 bits per heavy atom. The third-order valence-electron chi connectivity index (χ3n) is 3.25.